The molecule has 0 saturated carbocycles. The third kappa shape index (κ3) is 28.5. The van der Waals surface area contributed by atoms with Crippen molar-refractivity contribution in [2.45, 2.75) is 0 Å². The number of ether oxygens (including phenoxy) is 12. The number of carbonyl (C=O) groups is 2. The highest BCUT2D eigenvalue weighted by atomic mass is 19.1. The third-order valence-corrected chi connectivity index (χ3v) is 5.67. The van der Waals surface area contributed by atoms with Crippen LogP contribution >= 0.6 is 0 Å². The first-order chi connectivity index (χ1) is 22.8. The number of hydrogen-bond donors (Lipinski definition) is 0. The number of hydrogen-bond acceptors (Lipinski definition) is 14. The van der Waals surface area contributed by atoms with E-state index in [-0.39, 0.29) is 31.6 Å². The number of amides is 2. The summed E-state index contributed by atoms with van der Waals surface area (Å²) in [5.74, 6) is -0.620. The zero-order chi connectivity index (χ0) is 33.0. The van der Waals surface area contributed by atoms with E-state index in [1.54, 1.807) is 0 Å². The van der Waals surface area contributed by atoms with Gasteiger partial charge in [0.05, 0.1) is 165 Å². The minimum atomic E-state index is -0.480. The summed E-state index contributed by atoms with van der Waals surface area (Å²) >= 11 is 0. The van der Waals surface area contributed by atoms with Gasteiger partial charge in [0, 0.05) is 12.2 Å². The molecule has 0 atom stereocenters. The predicted molar refractivity (Wildman–Crippen MR) is 162 cm³/mol. The van der Waals surface area contributed by atoms with Gasteiger partial charge in [-0.25, -0.2) is 4.39 Å². The summed E-state index contributed by atoms with van der Waals surface area (Å²) in [4.78, 5) is 23.9. The Morgan fingerprint density at radius 3 is 0.761 bits per heavy atom. The summed E-state index contributed by atoms with van der Waals surface area (Å²) in [7, 11) is 0. The predicted octanol–water partition coefficient (Wildman–Crippen LogP) is 0.0801. The van der Waals surface area contributed by atoms with E-state index in [0.29, 0.717) is 145 Å². The average molecular weight is 672 g/mol. The van der Waals surface area contributed by atoms with E-state index >= 15 is 0 Å². The van der Waals surface area contributed by atoms with Crippen molar-refractivity contribution < 1.29 is 70.8 Å². The van der Waals surface area contributed by atoms with Crippen LogP contribution in [0.4, 0.5) is 4.39 Å². The molecule has 0 bridgehead atoms. The van der Waals surface area contributed by atoms with Gasteiger partial charge in [-0.2, -0.15) is 0 Å². The first-order valence-electron chi connectivity index (χ1n) is 15.8. The first kappa shape index (κ1) is 42.4. The van der Waals surface area contributed by atoms with Crippen molar-refractivity contribution in [1.82, 2.24) is 4.90 Å². The van der Waals surface area contributed by atoms with Crippen molar-refractivity contribution >= 4 is 11.8 Å². The van der Waals surface area contributed by atoms with Crippen LogP contribution in [0, 0.1) is 0 Å². The van der Waals surface area contributed by atoms with Gasteiger partial charge in [-0.3, -0.25) is 14.5 Å². The normalized spacial score (nSPS) is 13.1. The topological polar surface area (TPSA) is 148 Å². The number of nitrogens with zero attached hydrogens (tertiary/aromatic N) is 1. The molecule has 1 aliphatic heterocycles. The molecule has 0 aromatic rings. The number of imide groups is 1. The fourth-order valence-corrected chi connectivity index (χ4v) is 3.38. The van der Waals surface area contributed by atoms with Crippen molar-refractivity contribution in [3.8, 4) is 0 Å². The first-order valence-corrected chi connectivity index (χ1v) is 15.8. The Hall–Kier alpha value is -1.67. The van der Waals surface area contributed by atoms with E-state index < -0.39 is 6.67 Å². The standard InChI is InChI=1S/C30H54FNO14/c31-3-5-35-7-9-37-11-13-39-15-17-41-19-21-43-23-25-45-27-28-46-26-24-44-22-20-42-18-16-40-14-12-38-10-8-36-6-4-32-29(33)1-2-30(32)34/h1-2H,3-28H2. The monoisotopic (exact) mass is 671 g/mol. The lowest BCUT2D eigenvalue weighted by Gasteiger charge is -2.13. The molecule has 16 heteroatoms. The van der Waals surface area contributed by atoms with E-state index in [0.717, 1.165) is 4.90 Å². The van der Waals surface area contributed by atoms with E-state index in [4.69, 9.17) is 56.8 Å². The smallest absolute Gasteiger partial charge is 0.253 e. The molecule has 46 heavy (non-hydrogen) atoms. The molecule has 0 aromatic carbocycles. The van der Waals surface area contributed by atoms with Crippen molar-refractivity contribution in [3.05, 3.63) is 12.2 Å². The van der Waals surface area contributed by atoms with Crippen LogP contribution in [0.25, 0.3) is 0 Å². The highest BCUT2D eigenvalue weighted by Gasteiger charge is 2.22. The molecule has 0 saturated heterocycles. The van der Waals surface area contributed by atoms with Gasteiger partial charge in [-0.1, -0.05) is 0 Å². The van der Waals surface area contributed by atoms with Gasteiger partial charge in [0.1, 0.15) is 6.67 Å². The number of rotatable bonds is 38. The molecule has 0 N–H and O–H groups in total. The summed E-state index contributed by atoms with van der Waals surface area (Å²) in [6, 6.07) is 0. The maximum Gasteiger partial charge on any atom is 0.253 e. The Balaban J connectivity index is 1.62. The average Bonchev–Trinajstić information content (AvgIpc) is 3.38. The molecular formula is C30H54FNO14. The van der Waals surface area contributed by atoms with Crippen LogP contribution in [0.3, 0.4) is 0 Å². The molecule has 0 fully saturated rings. The largest absolute Gasteiger partial charge is 0.377 e. The highest BCUT2D eigenvalue weighted by Crippen LogP contribution is 2.02. The van der Waals surface area contributed by atoms with Crippen LogP contribution in [0.5, 0.6) is 0 Å². The summed E-state index contributed by atoms with van der Waals surface area (Å²) in [6.45, 7) is 10.3. The Bertz CT molecular complexity index is 703. The SMILES string of the molecule is O=C1C=CC(=O)N1CCOCCOCCOCCOCCOCCOCCOCCOCCOCCOCCOCCOCCF. The number of carbonyl (C=O) groups excluding carboxylic acids is 2. The lowest BCUT2D eigenvalue weighted by Crippen LogP contribution is -2.33. The minimum absolute atomic E-state index is 0.107. The van der Waals surface area contributed by atoms with Gasteiger partial charge in [0.2, 0.25) is 0 Å². The maximum atomic E-state index is 11.8. The fourth-order valence-electron chi connectivity index (χ4n) is 3.38. The van der Waals surface area contributed by atoms with Crippen molar-refractivity contribution in [2.24, 2.45) is 0 Å². The molecule has 0 aromatic heterocycles. The van der Waals surface area contributed by atoms with Gasteiger partial charge in [0.25, 0.3) is 11.8 Å². The van der Waals surface area contributed by atoms with E-state index in [1.165, 1.54) is 12.2 Å². The van der Waals surface area contributed by atoms with Crippen molar-refractivity contribution in [3.63, 3.8) is 0 Å². The second-order valence-corrected chi connectivity index (χ2v) is 9.20. The van der Waals surface area contributed by atoms with Crippen molar-refractivity contribution in [1.29, 1.82) is 0 Å². The lowest BCUT2D eigenvalue weighted by molar-refractivity contribution is -0.137. The van der Waals surface area contributed by atoms with E-state index in [2.05, 4.69) is 0 Å². The molecule has 1 heterocycles. The molecule has 0 radical (unpaired) electrons. The Morgan fingerprint density at radius 2 is 0.543 bits per heavy atom. The zero-order valence-corrected chi connectivity index (χ0v) is 27.1. The molecule has 0 spiro atoms. The highest BCUT2D eigenvalue weighted by molar-refractivity contribution is 6.12. The van der Waals surface area contributed by atoms with Gasteiger partial charge >= 0.3 is 0 Å². The maximum absolute atomic E-state index is 11.8. The fraction of sp³-hybridized carbons (Fsp3) is 0.867. The van der Waals surface area contributed by atoms with Crippen LogP contribution in [0.2, 0.25) is 0 Å². The zero-order valence-electron chi connectivity index (χ0n) is 27.1. The molecule has 2 amide bonds. The number of halogens is 1. The molecule has 0 unspecified atom stereocenters. The molecule has 0 aliphatic carbocycles. The van der Waals surface area contributed by atoms with E-state index in [1.807, 2.05) is 0 Å². The second kappa shape index (κ2) is 34.7. The molecule has 15 nitrogen and oxygen atoms in total. The van der Waals surface area contributed by atoms with Gasteiger partial charge in [0.15, 0.2) is 0 Å². The van der Waals surface area contributed by atoms with Crippen LogP contribution in [-0.4, -0.2) is 188 Å². The lowest BCUT2D eigenvalue weighted by atomic mass is 10.5. The second-order valence-electron chi connectivity index (χ2n) is 9.20. The Kier molecular flexibility index (Phi) is 31.9. The molecule has 270 valence electrons. The van der Waals surface area contributed by atoms with E-state index in [9.17, 15) is 14.0 Å². The van der Waals surface area contributed by atoms with Crippen LogP contribution in [-0.2, 0) is 66.4 Å². The van der Waals surface area contributed by atoms with Crippen LogP contribution in [0.1, 0.15) is 0 Å². The number of alkyl halides is 1. The summed E-state index contributed by atoms with van der Waals surface area (Å²) in [6.07, 6.45) is 2.50. The summed E-state index contributed by atoms with van der Waals surface area (Å²) in [5, 5.41) is 0. The summed E-state index contributed by atoms with van der Waals surface area (Å²) < 4.78 is 76.3. The molecular weight excluding hydrogens is 617 g/mol. The summed E-state index contributed by atoms with van der Waals surface area (Å²) in [5.41, 5.74) is 0. The third-order valence-electron chi connectivity index (χ3n) is 5.67. The van der Waals surface area contributed by atoms with Gasteiger partial charge < -0.3 is 56.8 Å². The van der Waals surface area contributed by atoms with Crippen molar-refractivity contribution in [2.75, 3.05) is 172 Å². The van der Waals surface area contributed by atoms with Gasteiger partial charge in [-0.15, -0.1) is 0 Å². The van der Waals surface area contributed by atoms with Gasteiger partial charge in [-0.05, 0) is 0 Å². The Morgan fingerprint density at radius 1 is 0.348 bits per heavy atom. The van der Waals surface area contributed by atoms with Crippen LogP contribution in [0.15, 0.2) is 12.2 Å². The minimum Gasteiger partial charge on any atom is -0.377 e. The molecule has 1 aliphatic rings. The van der Waals surface area contributed by atoms with Crippen LogP contribution < -0.4 is 0 Å². The Labute approximate surface area is 271 Å². The quantitative estimate of drug-likeness (QED) is 0.0645. The molecule has 1 rings (SSSR count).